The van der Waals surface area contributed by atoms with Gasteiger partial charge in [-0.05, 0) is 57.7 Å². The average molecular weight is 527 g/mol. The van der Waals surface area contributed by atoms with Crippen molar-refractivity contribution in [2.24, 2.45) is 10.6 Å². The second-order valence-corrected chi connectivity index (χ2v) is 10.6. The molecule has 12 nitrogen and oxygen atoms in total. The molecule has 2 aliphatic rings. The van der Waals surface area contributed by atoms with Crippen molar-refractivity contribution in [3.8, 4) is 5.75 Å². The number of amides is 2. The molecule has 1 aromatic heterocycles. The number of rotatable bonds is 9. The van der Waals surface area contributed by atoms with Crippen LogP contribution < -0.4 is 25.2 Å². The molecular formula is C26H36N7O5+. The third kappa shape index (κ3) is 5.60. The number of aliphatic hydroxyl groups is 1. The van der Waals surface area contributed by atoms with E-state index in [-0.39, 0.29) is 12.5 Å². The molecule has 2 unspecified atom stereocenters. The lowest BCUT2D eigenvalue weighted by Gasteiger charge is -2.29. The summed E-state index contributed by atoms with van der Waals surface area (Å²) >= 11 is 0. The summed E-state index contributed by atoms with van der Waals surface area (Å²) in [7, 11) is 3.27. The van der Waals surface area contributed by atoms with E-state index in [9.17, 15) is 14.5 Å². The quantitative estimate of drug-likeness (QED) is 0.360. The van der Waals surface area contributed by atoms with Gasteiger partial charge in [-0.2, -0.15) is 9.89 Å². The number of hydrogen-bond donors (Lipinski definition) is 4. The SMILES string of the molecule is COc1cc(C(=O)NCC(CO)N=O)ccc1Nc1ncc2c(n1)[NH+](C1CCCC1)CC(C)(C)C(=O)N2C. The molecule has 1 fully saturated rings. The number of methoxy groups -OCH3 is 1. The third-order valence-electron chi connectivity index (χ3n) is 7.37. The molecule has 4 rings (SSSR count). The first-order chi connectivity index (χ1) is 18.2. The Kier molecular flexibility index (Phi) is 8.22. The van der Waals surface area contributed by atoms with Crippen molar-refractivity contribution in [3.63, 3.8) is 0 Å². The molecule has 1 aliphatic carbocycles. The van der Waals surface area contributed by atoms with E-state index in [1.54, 1.807) is 36.3 Å². The van der Waals surface area contributed by atoms with Crippen LogP contribution in [0.4, 0.5) is 23.1 Å². The Hall–Kier alpha value is -3.64. The minimum absolute atomic E-state index is 0.0424. The molecule has 1 aromatic carbocycles. The van der Waals surface area contributed by atoms with E-state index in [1.165, 1.54) is 24.9 Å². The zero-order chi connectivity index (χ0) is 27.4. The van der Waals surface area contributed by atoms with Crippen molar-refractivity contribution < 1.29 is 24.3 Å². The van der Waals surface area contributed by atoms with Crippen LogP contribution in [0, 0.1) is 10.3 Å². The Morgan fingerprint density at radius 1 is 1.34 bits per heavy atom. The molecule has 0 bridgehead atoms. The molecule has 2 heterocycles. The van der Waals surface area contributed by atoms with Crippen molar-refractivity contribution in [1.82, 2.24) is 15.3 Å². The lowest BCUT2D eigenvalue weighted by atomic mass is 9.91. The fourth-order valence-electron chi connectivity index (χ4n) is 5.23. The Morgan fingerprint density at radius 2 is 2.08 bits per heavy atom. The number of fused-ring (bicyclic) bond motifs is 1. The van der Waals surface area contributed by atoms with Gasteiger partial charge in [0, 0.05) is 19.2 Å². The second-order valence-electron chi connectivity index (χ2n) is 10.6. The Bertz CT molecular complexity index is 1200. The summed E-state index contributed by atoms with van der Waals surface area (Å²) in [6.07, 6.45) is 6.22. The smallest absolute Gasteiger partial charge is 0.255 e. The number of ether oxygens (including phenoxy) is 1. The number of hydrogen-bond acceptors (Lipinski definition) is 9. The highest BCUT2D eigenvalue weighted by Gasteiger charge is 2.45. The number of quaternary nitrogens is 1. The van der Waals surface area contributed by atoms with Gasteiger partial charge in [-0.15, -0.1) is 0 Å². The van der Waals surface area contributed by atoms with Crippen LogP contribution in [0.15, 0.2) is 29.6 Å². The predicted octanol–water partition coefficient (Wildman–Crippen LogP) is 1.55. The number of carbonyl (C=O) groups excluding carboxylic acids is 2. The molecule has 0 saturated heterocycles. The second kappa shape index (κ2) is 11.4. The van der Waals surface area contributed by atoms with Crippen LogP contribution in [-0.4, -0.2) is 72.8 Å². The summed E-state index contributed by atoms with van der Waals surface area (Å²) in [5, 5.41) is 17.6. The monoisotopic (exact) mass is 526 g/mol. The summed E-state index contributed by atoms with van der Waals surface area (Å²) < 4.78 is 5.51. The molecule has 1 saturated carbocycles. The van der Waals surface area contributed by atoms with Gasteiger partial charge in [-0.3, -0.25) is 14.5 Å². The molecule has 1 aliphatic heterocycles. The van der Waals surface area contributed by atoms with Gasteiger partial charge >= 0.3 is 0 Å². The van der Waals surface area contributed by atoms with Crippen LogP contribution in [-0.2, 0) is 4.79 Å². The topological polar surface area (TPSA) is 151 Å². The fourth-order valence-corrected chi connectivity index (χ4v) is 5.23. The lowest BCUT2D eigenvalue weighted by molar-refractivity contribution is -0.866. The highest BCUT2D eigenvalue weighted by Crippen LogP contribution is 2.33. The lowest BCUT2D eigenvalue weighted by Crippen LogP contribution is -3.12. The minimum Gasteiger partial charge on any atom is -0.495 e. The molecule has 204 valence electrons. The van der Waals surface area contributed by atoms with Crippen molar-refractivity contribution in [1.29, 1.82) is 0 Å². The number of carbonyl (C=O) groups is 2. The normalized spacial score (nSPS) is 19.9. The van der Waals surface area contributed by atoms with E-state index in [4.69, 9.17) is 14.8 Å². The molecule has 0 radical (unpaired) electrons. The number of nitrogens with one attached hydrogen (secondary N) is 3. The fraction of sp³-hybridized carbons (Fsp3) is 0.538. The number of nitroso groups, excluding NO2 is 1. The highest BCUT2D eigenvalue weighted by atomic mass is 16.5. The Morgan fingerprint density at radius 3 is 2.74 bits per heavy atom. The summed E-state index contributed by atoms with van der Waals surface area (Å²) in [5.41, 5.74) is 1.04. The third-order valence-corrected chi connectivity index (χ3v) is 7.37. The highest BCUT2D eigenvalue weighted by molar-refractivity contribution is 5.99. The van der Waals surface area contributed by atoms with E-state index in [2.05, 4.69) is 20.8 Å². The first kappa shape index (κ1) is 27.4. The Balaban J connectivity index is 1.61. The molecule has 2 amide bonds. The van der Waals surface area contributed by atoms with Gasteiger partial charge in [-0.25, -0.2) is 4.98 Å². The van der Waals surface area contributed by atoms with Crippen LogP contribution in [0.5, 0.6) is 5.75 Å². The van der Waals surface area contributed by atoms with Gasteiger partial charge in [0.2, 0.25) is 11.9 Å². The maximum atomic E-state index is 13.2. The van der Waals surface area contributed by atoms with Crippen LogP contribution in [0.25, 0.3) is 0 Å². The number of anilines is 3. The van der Waals surface area contributed by atoms with Crippen molar-refractivity contribution in [2.75, 3.05) is 44.1 Å². The molecule has 2 atom stereocenters. The molecule has 12 heteroatoms. The van der Waals surface area contributed by atoms with E-state index in [1.807, 2.05) is 13.8 Å². The molecule has 4 N–H and O–H groups in total. The molecule has 0 spiro atoms. The maximum absolute atomic E-state index is 13.2. The van der Waals surface area contributed by atoms with Crippen LogP contribution in [0.2, 0.25) is 0 Å². The van der Waals surface area contributed by atoms with Gasteiger partial charge in [0.1, 0.15) is 17.5 Å². The van der Waals surface area contributed by atoms with Crippen LogP contribution >= 0.6 is 0 Å². The minimum atomic E-state index is -0.905. The molecular weight excluding hydrogens is 490 g/mol. The van der Waals surface area contributed by atoms with Gasteiger partial charge in [0.25, 0.3) is 11.7 Å². The number of aliphatic hydroxyl groups excluding tert-OH is 1. The summed E-state index contributed by atoms with van der Waals surface area (Å²) in [5.74, 6) is 1.17. The summed E-state index contributed by atoms with van der Waals surface area (Å²) in [4.78, 5) is 48.6. The Labute approximate surface area is 221 Å². The first-order valence-corrected chi connectivity index (χ1v) is 12.9. The van der Waals surface area contributed by atoms with Gasteiger partial charge in [0.15, 0.2) is 0 Å². The molecule has 38 heavy (non-hydrogen) atoms. The van der Waals surface area contributed by atoms with E-state index >= 15 is 0 Å². The first-order valence-electron chi connectivity index (χ1n) is 12.9. The number of aromatic nitrogens is 2. The zero-order valence-corrected chi connectivity index (χ0v) is 22.3. The van der Waals surface area contributed by atoms with E-state index < -0.39 is 24.0 Å². The van der Waals surface area contributed by atoms with E-state index in [0.29, 0.717) is 41.2 Å². The zero-order valence-electron chi connectivity index (χ0n) is 22.3. The van der Waals surface area contributed by atoms with Crippen LogP contribution in [0.1, 0.15) is 49.9 Å². The number of benzene rings is 1. The van der Waals surface area contributed by atoms with Gasteiger partial charge in [0.05, 0.1) is 43.6 Å². The maximum Gasteiger partial charge on any atom is 0.255 e. The number of nitrogens with zero attached hydrogens (tertiary/aromatic N) is 4. The van der Waals surface area contributed by atoms with Gasteiger partial charge < -0.3 is 25.4 Å². The summed E-state index contributed by atoms with van der Waals surface area (Å²) in [6, 6.07) is 4.34. The standard InChI is InChI=1S/C26H35N7O5/c1-26(2)15-33(18-7-5-6-8-18)22-20(32(3)24(26)36)13-28-25(30-22)29-19-10-9-16(11-21(19)38-4)23(35)27-12-17(14-34)31-37/h9-11,13,17-18,34H,5-8,12,14-15H2,1-4H3,(H,27,35)(H,28,29,30)/p+1. The predicted molar refractivity (Wildman–Crippen MR) is 142 cm³/mol. The van der Waals surface area contributed by atoms with Crippen molar-refractivity contribution in [2.45, 2.75) is 51.6 Å². The van der Waals surface area contributed by atoms with E-state index in [0.717, 1.165) is 18.7 Å². The largest absolute Gasteiger partial charge is 0.495 e. The van der Waals surface area contributed by atoms with Gasteiger partial charge in [-0.1, -0.05) is 5.18 Å². The van der Waals surface area contributed by atoms with Crippen molar-refractivity contribution >= 4 is 35.0 Å². The van der Waals surface area contributed by atoms with Crippen molar-refractivity contribution in [3.05, 3.63) is 34.9 Å². The van der Waals surface area contributed by atoms with Crippen LogP contribution in [0.3, 0.4) is 0 Å². The summed E-state index contributed by atoms with van der Waals surface area (Å²) in [6.45, 7) is 4.10. The average Bonchev–Trinajstić information content (AvgIpc) is 3.44. The molecule has 2 aromatic rings.